The van der Waals surface area contributed by atoms with Crippen molar-refractivity contribution >= 4 is 32.1 Å². The second-order valence-electron chi connectivity index (χ2n) is 9.13. The molecule has 0 spiro atoms. The SMILES string of the molecule is CCCS(=O)(=O)c1cncc(-c2cc3cc[nH]c(=O)c3c(Nc3ccc(C4CCNCC4)cc3)n2)c1. The van der Waals surface area contributed by atoms with Crippen molar-refractivity contribution in [2.24, 2.45) is 0 Å². The molecule has 0 saturated carbocycles. The Bertz CT molecular complexity index is 1540. The first-order valence-corrected chi connectivity index (χ1v) is 13.9. The standard InChI is InChI=1S/C27H29N5O3S/c1-2-13-36(34,35)23-14-21(16-29-17-23)24-15-20-9-12-30-27(33)25(20)26(32-24)31-22-5-3-18(4-6-22)19-7-10-28-11-8-19/h3-6,9,12,14-17,19,28H,2,7-8,10-11,13H2,1H3,(H,30,33)(H,31,32). The van der Waals surface area contributed by atoms with Crippen molar-refractivity contribution in [1.82, 2.24) is 20.3 Å². The summed E-state index contributed by atoms with van der Waals surface area (Å²) in [4.78, 5) is 24.5. The molecule has 1 fully saturated rings. The van der Waals surface area contributed by atoms with E-state index in [1.165, 1.54) is 11.8 Å². The Balaban J connectivity index is 1.53. The summed E-state index contributed by atoms with van der Waals surface area (Å²) in [7, 11) is -3.43. The van der Waals surface area contributed by atoms with E-state index in [9.17, 15) is 13.2 Å². The minimum atomic E-state index is -3.43. The predicted octanol–water partition coefficient (Wildman–Crippen LogP) is 4.38. The van der Waals surface area contributed by atoms with Gasteiger partial charge in [-0.15, -0.1) is 0 Å². The Labute approximate surface area is 210 Å². The molecule has 5 rings (SSSR count). The molecule has 1 aliphatic heterocycles. The molecule has 1 saturated heterocycles. The van der Waals surface area contributed by atoms with Crippen LogP contribution in [0.4, 0.5) is 11.5 Å². The third-order valence-electron chi connectivity index (χ3n) is 6.58. The fourth-order valence-electron chi connectivity index (χ4n) is 4.70. The van der Waals surface area contributed by atoms with Crippen LogP contribution in [0.2, 0.25) is 0 Å². The number of sulfone groups is 1. The highest BCUT2D eigenvalue weighted by Gasteiger charge is 2.18. The maximum Gasteiger partial charge on any atom is 0.259 e. The first kappa shape index (κ1) is 24.1. The molecule has 0 unspecified atom stereocenters. The van der Waals surface area contributed by atoms with Crippen molar-refractivity contribution in [3.05, 3.63) is 77.0 Å². The van der Waals surface area contributed by atoms with Crippen LogP contribution in [0.3, 0.4) is 0 Å². The molecule has 1 aromatic carbocycles. The Kier molecular flexibility index (Phi) is 6.84. The zero-order valence-electron chi connectivity index (χ0n) is 20.1. The van der Waals surface area contributed by atoms with Crippen molar-refractivity contribution in [2.75, 3.05) is 24.2 Å². The van der Waals surface area contributed by atoms with Crippen LogP contribution in [-0.4, -0.2) is 42.2 Å². The van der Waals surface area contributed by atoms with E-state index in [0.717, 1.165) is 31.6 Å². The van der Waals surface area contributed by atoms with E-state index in [1.807, 2.05) is 19.1 Å². The molecule has 4 aromatic rings. The maximum atomic E-state index is 12.7. The second-order valence-corrected chi connectivity index (χ2v) is 11.2. The van der Waals surface area contributed by atoms with E-state index in [4.69, 9.17) is 4.98 Å². The monoisotopic (exact) mass is 503 g/mol. The fraction of sp³-hybridized carbons (Fsp3) is 0.296. The normalized spacial score (nSPS) is 14.7. The molecule has 0 atom stereocenters. The van der Waals surface area contributed by atoms with Crippen molar-refractivity contribution in [3.8, 4) is 11.3 Å². The first-order valence-electron chi connectivity index (χ1n) is 12.2. The number of anilines is 2. The maximum absolute atomic E-state index is 12.7. The van der Waals surface area contributed by atoms with Gasteiger partial charge >= 0.3 is 0 Å². The van der Waals surface area contributed by atoms with Gasteiger partial charge in [-0.3, -0.25) is 9.78 Å². The van der Waals surface area contributed by atoms with Crippen LogP contribution >= 0.6 is 0 Å². The van der Waals surface area contributed by atoms with Gasteiger partial charge in [-0.05, 0) is 79.6 Å². The van der Waals surface area contributed by atoms with Gasteiger partial charge in [-0.25, -0.2) is 13.4 Å². The summed E-state index contributed by atoms with van der Waals surface area (Å²) in [5.74, 6) is 1.01. The molecular weight excluding hydrogens is 474 g/mol. The van der Waals surface area contributed by atoms with E-state index in [0.29, 0.717) is 40.2 Å². The Morgan fingerprint density at radius 3 is 2.58 bits per heavy atom. The van der Waals surface area contributed by atoms with Crippen LogP contribution in [0.5, 0.6) is 0 Å². The lowest BCUT2D eigenvalue weighted by Crippen LogP contribution is -2.26. The van der Waals surface area contributed by atoms with E-state index < -0.39 is 9.84 Å². The van der Waals surface area contributed by atoms with Gasteiger partial charge in [-0.1, -0.05) is 19.1 Å². The number of aromatic nitrogens is 3. The number of nitrogens with one attached hydrogen (secondary N) is 3. The average Bonchev–Trinajstić information content (AvgIpc) is 2.89. The summed E-state index contributed by atoms with van der Waals surface area (Å²) in [5.41, 5.74) is 2.97. The number of aromatic amines is 1. The number of H-pyrrole nitrogens is 1. The molecule has 186 valence electrons. The molecule has 1 aliphatic rings. The number of nitrogens with zero attached hydrogens (tertiary/aromatic N) is 2. The van der Waals surface area contributed by atoms with Gasteiger partial charge < -0.3 is 15.6 Å². The number of hydrogen-bond acceptors (Lipinski definition) is 7. The van der Waals surface area contributed by atoms with Crippen LogP contribution in [0.15, 0.2) is 70.7 Å². The van der Waals surface area contributed by atoms with Crippen LogP contribution in [0.25, 0.3) is 22.0 Å². The largest absolute Gasteiger partial charge is 0.340 e. The number of fused-ring (bicyclic) bond motifs is 1. The lowest BCUT2D eigenvalue weighted by Gasteiger charge is -2.23. The van der Waals surface area contributed by atoms with E-state index in [1.54, 1.807) is 30.6 Å². The van der Waals surface area contributed by atoms with Crippen LogP contribution in [0, 0.1) is 0 Å². The Hall–Kier alpha value is -3.56. The van der Waals surface area contributed by atoms with Crippen LogP contribution < -0.4 is 16.2 Å². The van der Waals surface area contributed by atoms with Crippen LogP contribution in [0.1, 0.15) is 37.7 Å². The lowest BCUT2D eigenvalue weighted by molar-refractivity contribution is 0.460. The molecule has 0 bridgehead atoms. The van der Waals surface area contributed by atoms with Gasteiger partial charge in [0.05, 0.1) is 21.7 Å². The van der Waals surface area contributed by atoms with Crippen molar-refractivity contribution < 1.29 is 8.42 Å². The molecule has 9 heteroatoms. The smallest absolute Gasteiger partial charge is 0.259 e. The Morgan fingerprint density at radius 2 is 1.83 bits per heavy atom. The number of pyridine rings is 3. The van der Waals surface area contributed by atoms with Gasteiger partial charge in [-0.2, -0.15) is 0 Å². The van der Waals surface area contributed by atoms with Gasteiger partial charge in [0.15, 0.2) is 9.84 Å². The molecular formula is C27H29N5O3S. The molecule has 36 heavy (non-hydrogen) atoms. The molecule has 3 N–H and O–H groups in total. The van der Waals surface area contributed by atoms with Crippen LogP contribution in [-0.2, 0) is 9.84 Å². The highest BCUT2D eigenvalue weighted by molar-refractivity contribution is 7.91. The van der Waals surface area contributed by atoms with E-state index >= 15 is 0 Å². The number of hydrogen-bond donors (Lipinski definition) is 3. The molecule has 4 heterocycles. The molecule has 0 radical (unpaired) electrons. The predicted molar refractivity (Wildman–Crippen MR) is 143 cm³/mol. The lowest BCUT2D eigenvalue weighted by atomic mass is 9.90. The zero-order chi connectivity index (χ0) is 25.1. The third-order valence-corrected chi connectivity index (χ3v) is 8.47. The summed E-state index contributed by atoms with van der Waals surface area (Å²) < 4.78 is 25.2. The second kappa shape index (κ2) is 10.2. The summed E-state index contributed by atoms with van der Waals surface area (Å²) in [6, 6.07) is 13.4. The van der Waals surface area contributed by atoms with E-state index in [2.05, 4.69) is 32.7 Å². The van der Waals surface area contributed by atoms with Gasteiger partial charge in [0, 0.05) is 29.8 Å². The van der Waals surface area contributed by atoms with Gasteiger partial charge in [0.1, 0.15) is 5.82 Å². The Morgan fingerprint density at radius 1 is 1.06 bits per heavy atom. The van der Waals surface area contributed by atoms with E-state index in [-0.39, 0.29) is 16.2 Å². The van der Waals surface area contributed by atoms with Gasteiger partial charge in [0.25, 0.3) is 5.56 Å². The number of rotatable bonds is 7. The number of benzene rings is 1. The molecule has 0 aliphatic carbocycles. The van der Waals surface area contributed by atoms with Crippen molar-refractivity contribution in [1.29, 1.82) is 0 Å². The zero-order valence-corrected chi connectivity index (χ0v) is 20.9. The summed E-state index contributed by atoms with van der Waals surface area (Å²) in [6.45, 7) is 3.89. The minimum Gasteiger partial charge on any atom is -0.340 e. The summed E-state index contributed by atoms with van der Waals surface area (Å²) in [6.07, 6.45) is 7.31. The molecule has 8 nitrogen and oxygen atoms in total. The van der Waals surface area contributed by atoms with Crippen molar-refractivity contribution in [2.45, 2.75) is 37.0 Å². The van der Waals surface area contributed by atoms with Crippen molar-refractivity contribution in [3.63, 3.8) is 0 Å². The summed E-state index contributed by atoms with van der Waals surface area (Å²) >= 11 is 0. The highest BCUT2D eigenvalue weighted by Crippen LogP contribution is 2.30. The topological polar surface area (TPSA) is 117 Å². The third kappa shape index (κ3) is 5.03. The molecule has 3 aromatic heterocycles. The highest BCUT2D eigenvalue weighted by atomic mass is 32.2. The number of piperidine rings is 1. The quantitative estimate of drug-likeness (QED) is 0.343. The fourth-order valence-corrected chi connectivity index (χ4v) is 6.00. The first-order chi connectivity index (χ1) is 17.4. The minimum absolute atomic E-state index is 0.0544. The molecule has 0 amide bonds. The van der Waals surface area contributed by atoms with Gasteiger partial charge in [0.2, 0.25) is 0 Å². The average molecular weight is 504 g/mol. The summed E-state index contributed by atoms with van der Waals surface area (Å²) in [5, 5.41) is 7.84.